The Hall–Kier alpha value is -2.13. The number of fused-ring (bicyclic) bond motifs is 1. The monoisotopic (exact) mass is 438 g/mol. The zero-order valence-electron chi connectivity index (χ0n) is 16.1. The number of carbonyl (C=O) groups is 1. The molecule has 0 fully saturated rings. The number of hydrogen-bond acceptors (Lipinski definition) is 5. The Morgan fingerprint density at radius 3 is 2.59 bits per heavy atom. The van der Waals surface area contributed by atoms with E-state index in [1.165, 1.54) is 24.3 Å². The number of primary amides is 1. The molecule has 0 saturated carbocycles. The number of ether oxygens (including phenoxy) is 1. The van der Waals surface area contributed by atoms with Crippen molar-refractivity contribution in [2.45, 2.75) is 42.8 Å². The van der Waals surface area contributed by atoms with Gasteiger partial charge in [-0.1, -0.05) is 23.7 Å². The summed E-state index contributed by atoms with van der Waals surface area (Å²) in [6.45, 7) is 3.96. The lowest BCUT2D eigenvalue weighted by Gasteiger charge is -2.38. The SMILES string of the molecule is CC1(C)CC(CNS(=O)(=O)c2ccc(Cl)cc2)c2ccc(C(O)C(N)=O)cc2O1. The van der Waals surface area contributed by atoms with Gasteiger partial charge in [0.15, 0.2) is 6.10 Å². The lowest BCUT2D eigenvalue weighted by atomic mass is 9.84. The van der Waals surface area contributed by atoms with Crippen LogP contribution in [0.25, 0.3) is 0 Å². The molecule has 2 atom stereocenters. The highest BCUT2D eigenvalue weighted by Gasteiger charge is 2.35. The lowest BCUT2D eigenvalue weighted by Crippen LogP contribution is -2.39. The van der Waals surface area contributed by atoms with Gasteiger partial charge < -0.3 is 15.6 Å². The fourth-order valence-corrected chi connectivity index (χ4v) is 4.65. The maximum atomic E-state index is 12.6. The summed E-state index contributed by atoms with van der Waals surface area (Å²) < 4.78 is 33.9. The molecule has 2 aromatic carbocycles. The summed E-state index contributed by atoms with van der Waals surface area (Å²) in [5.41, 5.74) is 5.74. The number of nitrogens with two attached hydrogens (primary N) is 1. The molecule has 0 aliphatic carbocycles. The van der Waals surface area contributed by atoms with Crippen LogP contribution in [0.3, 0.4) is 0 Å². The second-order valence-corrected chi connectivity index (χ2v) is 9.87. The number of sulfonamides is 1. The average molecular weight is 439 g/mol. The molecular weight excluding hydrogens is 416 g/mol. The van der Waals surface area contributed by atoms with Crippen LogP contribution >= 0.6 is 11.6 Å². The van der Waals surface area contributed by atoms with Gasteiger partial charge in [0.05, 0.1) is 4.90 Å². The van der Waals surface area contributed by atoms with Crippen LogP contribution in [0.5, 0.6) is 5.75 Å². The van der Waals surface area contributed by atoms with E-state index in [4.69, 9.17) is 22.1 Å². The van der Waals surface area contributed by atoms with Gasteiger partial charge in [-0.2, -0.15) is 0 Å². The lowest BCUT2D eigenvalue weighted by molar-refractivity contribution is -0.126. The van der Waals surface area contributed by atoms with Crippen LogP contribution in [-0.4, -0.2) is 31.6 Å². The number of benzene rings is 2. The molecule has 2 unspecified atom stereocenters. The quantitative estimate of drug-likeness (QED) is 0.640. The number of rotatable bonds is 6. The summed E-state index contributed by atoms with van der Waals surface area (Å²) in [6, 6.07) is 10.8. The summed E-state index contributed by atoms with van der Waals surface area (Å²) in [5, 5.41) is 10.4. The molecule has 4 N–H and O–H groups in total. The predicted octanol–water partition coefficient (Wildman–Crippen LogP) is 2.48. The van der Waals surface area contributed by atoms with Crippen LogP contribution < -0.4 is 15.2 Å². The number of halogens is 1. The van der Waals surface area contributed by atoms with E-state index in [0.29, 0.717) is 22.8 Å². The van der Waals surface area contributed by atoms with Crippen molar-refractivity contribution in [2.24, 2.45) is 5.73 Å². The van der Waals surface area contributed by atoms with Crippen molar-refractivity contribution in [2.75, 3.05) is 6.54 Å². The van der Waals surface area contributed by atoms with E-state index in [2.05, 4.69) is 4.72 Å². The van der Waals surface area contributed by atoms with Gasteiger partial charge in [0.1, 0.15) is 11.4 Å². The van der Waals surface area contributed by atoms with Crippen molar-refractivity contribution in [1.29, 1.82) is 0 Å². The summed E-state index contributed by atoms with van der Waals surface area (Å²) in [6.07, 6.45) is -0.850. The van der Waals surface area contributed by atoms with E-state index >= 15 is 0 Å². The van der Waals surface area contributed by atoms with Crippen LogP contribution in [-0.2, 0) is 14.8 Å². The van der Waals surface area contributed by atoms with Gasteiger partial charge in [-0.3, -0.25) is 4.79 Å². The molecule has 0 spiro atoms. The first kappa shape index (κ1) is 21.6. The number of aliphatic hydroxyl groups excluding tert-OH is 1. The Kier molecular flexibility index (Phi) is 5.91. The molecule has 0 bridgehead atoms. The third-order valence-electron chi connectivity index (χ3n) is 4.83. The molecule has 1 heterocycles. The van der Waals surface area contributed by atoms with Crippen molar-refractivity contribution in [3.63, 3.8) is 0 Å². The minimum absolute atomic E-state index is 0.133. The number of aliphatic hydroxyl groups is 1. The first-order valence-electron chi connectivity index (χ1n) is 9.04. The normalized spacial score (nSPS) is 19.1. The highest BCUT2D eigenvalue weighted by Crippen LogP contribution is 2.41. The van der Waals surface area contributed by atoms with E-state index in [9.17, 15) is 18.3 Å². The molecule has 0 saturated heterocycles. The van der Waals surface area contributed by atoms with Crippen molar-refractivity contribution in [3.05, 3.63) is 58.6 Å². The van der Waals surface area contributed by atoms with Crippen molar-refractivity contribution in [3.8, 4) is 5.75 Å². The van der Waals surface area contributed by atoms with Gasteiger partial charge in [0, 0.05) is 17.5 Å². The van der Waals surface area contributed by atoms with Gasteiger partial charge in [0.25, 0.3) is 5.91 Å². The molecular formula is C20H23ClN2O5S. The smallest absolute Gasteiger partial charge is 0.250 e. The van der Waals surface area contributed by atoms with Gasteiger partial charge in [-0.25, -0.2) is 13.1 Å². The zero-order valence-corrected chi connectivity index (χ0v) is 17.6. The average Bonchev–Trinajstić information content (AvgIpc) is 2.64. The van der Waals surface area contributed by atoms with E-state index in [1.807, 2.05) is 13.8 Å². The maximum absolute atomic E-state index is 12.6. The van der Waals surface area contributed by atoms with Crippen LogP contribution in [0.2, 0.25) is 5.02 Å². The van der Waals surface area contributed by atoms with Crippen LogP contribution in [0.1, 0.15) is 43.4 Å². The third kappa shape index (κ3) is 4.90. The molecule has 1 aliphatic heterocycles. The maximum Gasteiger partial charge on any atom is 0.250 e. The molecule has 29 heavy (non-hydrogen) atoms. The summed E-state index contributed by atoms with van der Waals surface area (Å²) in [4.78, 5) is 11.4. The Labute approximate surface area is 174 Å². The number of carbonyl (C=O) groups excluding carboxylic acids is 1. The second kappa shape index (κ2) is 7.95. The first-order chi connectivity index (χ1) is 13.5. The summed E-state index contributed by atoms with van der Waals surface area (Å²) in [5.74, 6) is -0.516. The molecule has 7 nitrogen and oxygen atoms in total. The largest absolute Gasteiger partial charge is 0.488 e. The topological polar surface area (TPSA) is 119 Å². The third-order valence-corrected chi connectivity index (χ3v) is 6.52. The van der Waals surface area contributed by atoms with Crippen molar-refractivity contribution in [1.82, 2.24) is 4.72 Å². The molecule has 0 aromatic heterocycles. The molecule has 0 radical (unpaired) electrons. The molecule has 2 aromatic rings. The Balaban J connectivity index is 1.85. The Morgan fingerprint density at radius 1 is 1.31 bits per heavy atom. The van der Waals surface area contributed by atoms with E-state index < -0.39 is 27.6 Å². The van der Waals surface area contributed by atoms with Crippen molar-refractivity contribution >= 4 is 27.5 Å². The summed E-state index contributed by atoms with van der Waals surface area (Å²) in [7, 11) is -3.70. The number of nitrogens with one attached hydrogen (secondary N) is 1. The van der Waals surface area contributed by atoms with Gasteiger partial charge in [-0.15, -0.1) is 0 Å². The Morgan fingerprint density at radius 2 is 1.97 bits per heavy atom. The standard InChI is InChI=1S/C20H23ClN2O5S/c1-20(2)10-13(11-23-29(26,27)15-6-4-14(21)5-7-15)16-8-3-12(9-17(16)28-20)18(24)19(22)25/h3-9,13,18,23-24H,10-11H2,1-2H3,(H2,22,25). The zero-order chi connectivity index (χ0) is 21.4. The van der Waals surface area contributed by atoms with Crippen LogP contribution in [0.4, 0.5) is 0 Å². The number of hydrogen-bond donors (Lipinski definition) is 3. The van der Waals surface area contributed by atoms with Crippen molar-refractivity contribution < 1.29 is 23.1 Å². The van der Waals surface area contributed by atoms with Gasteiger partial charge in [-0.05, 0) is 61.7 Å². The molecule has 1 aliphatic rings. The fraction of sp³-hybridized carbons (Fsp3) is 0.350. The van der Waals surface area contributed by atoms with Crippen LogP contribution in [0.15, 0.2) is 47.4 Å². The second-order valence-electron chi connectivity index (χ2n) is 7.67. The fourth-order valence-electron chi connectivity index (χ4n) is 3.44. The highest BCUT2D eigenvalue weighted by atomic mass is 35.5. The molecule has 1 amide bonds. The van der Waals surface area contributed by atoms with E-state index in [-0.39, 0.29) is 17.4 Å². The number of amides is 1. The Bertz CT molecular complexity index is 1020. The summed E-state index contributed by atoms with van der Waals surface area (Å²) >= 11 is 5.83. The van der Waals surface area contributed by atoms with E-state index in [0.717, 1.165) is 5.56 Å². The highest BCUT2D eigenvalue weighted by molar-refractivity contribution is 7.89. The minimum atomic E-state index is -3.70. The molecule has 156 valence electrons. The molecule has 9 heteroatoms. The minimum Gasteiger partial charge on any atom is -0.488 e. The molecule has 3 rings (SSSR count). The van der Waals surface area contributed by atoms with E-state index in [1.54, 1.807) is 18.2 Å². The van der Waals surface area contributed by atoms with Crippen LogP contribution in [0, 0.1) is 0 Å². The predicted molar refractivity (Wildman–Crippen MR) is 109 cm³/mol. The first-order valence-corrected chi connectivity index (χ1v) is 10.9. The van der Waals surface area contributed by atoms with Gasteiger partial charge in [0.2, 0.25) is 10.0 Å². The van der Waals surface area contributed by atoms with Gasteiger partial charge >= 0.3 is 0 Å².